The van der Waals surface area contributed by atoms with E-state index in [9.17, 15) is 0 Å². The number of terminal acetylenes is 1. The number of hydrogen-bond donors (Lipinski definition) is 2. The molecule has 3 heteroatoms. The standard InChI is InChI=1S/C13H15N3/c1-2-8-15-13(14)16-12-7-6-10-4-3-5-11(10)9-12/h1,6-7,9H,3-5,8H2,(H3,14,15,16). The molecule has 0 saturated carbocycles. The highest BCUT2D eigenvalue weighted by molar-refractivity contribution is 5.92. The van der Waals surface area contributed by atoms with Crippen LogP contribution in [0.1, 0.15) is 17.5 Å². The van der Waals surface area contributed by atoms with Crippen molar-refractivity contribution in [2.75, 3.05) is 11.9 Å². The summed E-state index contributed by atoms with van der Waals surface area (Å²) in [6, 6.07) is 6.32. The summed E-state index contributed by atoms with van der Waals surface area (Å²) in [4.78, 5) is 3.98. The van der Waals surface area contributed by atoms with Gasteiger partial charge in [-0.1, -0.05) is 12.0 Å². The largest absolute Gasteiger partial charge is 0.370 e. The zero-order chi connectivity index (χ0) is 11.4. The molecule has 0 spiro atoms. The van der Waals surface area contributed by atoms with Gasteiger partial charge in [0.2, 0.25) is 0 Å². The van der Waals surface area contributed by atoms with Gasteiger partial charge >= 0.3 is 0 Å². The number of hydrogen-bond acceptors (Lipinski definition) is 1. The van der Waals surface area contributed by atoms with Crippen LogP contribution in [0.5, 0.6) is 0 Å². The van der Waals surface area contributed by atoms with Gasteiger partial charge in [0.25, 0.3) is 0 Å². The van der Waals surface area contributed by atoms with Crippen molar-refractivity contribution in [1.82, 2.24) is 0 Å². The molecule has 0 aromatic heterocycles. The van der Waals surface area contributed by atoms with Crippen LogP contribution in [-0.4, -0.2) is 12.5 Å². The van der Waals surface area contributed by atoms with Gasteiger partial charge in [0, 0.05) is 5.69 Å². The molecule has 0 unspecified atom stereocenters. The van der Waals surface area contributed by atoms with E-state index in [1.54, 1.807) is 0 Å². The Hall–Kier alpha value is -1.95. The van der Waals surface area contributed by atoms with Gasteiger partial charge in [0.05, 0.1) is 0 Å². The molecule has 0 aliphatic heterocycles. The van der Waals surface area contributed by atoms with Crippen LogP contribution < -0.4 is 11.1 Å². The van der Waals surface area contributed by atoms with Gasteiger partial charge in [-0.15, -0.1) is 6.42 Å². The molecule has 3 nitrogen and oxygen atoms in total. The molecular weight excluding hydrogens is 198 g/mol. The van der Waals surface area contributed by atoms with E-state index < -0.39 is 0 Å². The van der Waals surface area contributed by atoms with E-state index >= 15 is 0 Å². The monoisotopic (exact) mass is 213 g/mol. The lowest BCUT2D eigenvalue weighted by atomic mass is 10.1. The normalized spacial score (nSPS) is 14.3. The van der Waals surface area contributed by atoms with Gasteiger partial charge in [-0.3, -0.25) is 0 Å². The number of benzene rings is 1. The molecule has 1 aromatic rings. The molecule has 1 aromatic carbocycles. The SMILES string of the molecule is C#CCN=C(N)Nc1ccc2c(c1)CCC2. The fraction of sp³-hybridized carbons (Fsp3) is 0.308. The zero-order valence-corrected chi connectivity index (χ0v) is 9.16. The average Bonchev–Trinajstić information content (AvgIpc) is 2.73. The van der Waals surface area contributed by atoms with Crippen molar-refractivity contribution < 1.29 is 0 Å². The van der Waals surface area contributed by atoms with E-state index in [4.69, 9.17) is 12.2 Å². The van der Waals surface area contributed by atoms with Crippen molar-refractivity contribution in [1.29, 1.82) is 0 Å². The van der Waals surface area contributed by atoms with E-state index in [1.165, 1.54) is 24.0 Å². The molecular formula is C13H15N3. The Morgan fingerprint density at radius 3 is 3.06 bits per heavy atom. The second-order valence-corrected chi connectivity index (χ2v) is 3.87. The molecule has 0 saturated heterocycles. The lowest BCUT2D eigenvalue weighted by molar-refractivity contribution is 0.912. The molecule has 0 radical (unpaired) electrons. The van der Waals surface area contributed by atoms with E-state index in [-0.39, 0.29) is 0 Å². The number of rotatable bonds is 2. The molecule has 1 aliphatic carbocycles. The molecule has 0 bridgehead atoms. The minimum absolute atomic E-state index is 0.309. The van der Waals surface area contributed by atoms with Gasteiger partial charge in [0.1, 0.15) is 6.54 Å². The summed E-state index contributed by atoms with van der Waals surface area (Å²) in [7, 11) is 0. The summed E-state index contributed by atoms with van der Waals surface area (Å²) < 4.78 is 0. The fourth-order valence-corrected chi connectivity index (χ4v) is 1.97. The predicted molar refractivity (Wildman–Crippen MR) is 67.4 cm³/mol. The highest BCUT2D eigenvalue weighted by Gasteiger charge is 2.10. The summed E-state index contributed by atoms with van der Waals surface area (Å²) in [5.41, 5.74) is 9.53. The molecule has 82 valence electrons. The Morgan fingerprint density at radius 2 is 2.25 bits per heavy atom. The first-order valence-corrected chi connectivity index (χ1v) is 5.42. The zero-order valence-electron chi connectivity index (χ0n) is 9.16. The topological polar surface area (TPSA) is 50.4 Å². The van der Waals surface area contributed by atoms with Crippen LogP contribution in [0.25, 0.3) is 0 Å². The lowest BCUT2D eigenvalue weighted by Gasteiger charge is -2.07. The van der Waals surface area contributed by atoms with Crippen molar-refractivity contribution in [3.05, 3.63) is 29.3 Å². The van der Waals surface area contributed by atoms with Crippen LogP contribution in [0, 0.1) is 12.3 Å². The second-order valence-electron chi connectivity index (χ2n) is 3.87. The van der Waals surface area contributed by atoms with Crippen molar-refractivity contribution >= 4 is 11.6 Å². The molecule has 0 amide bonds. The first-order chi connectivity index (χ1) is 7.79. The van der Waals surface area contributed by atoms with Crippen molar-refractivity contribution in [3.8, 4) is 12.3 Å². The molecule has 0 atom stereocenters. The fourth-order valence-electron chi connectivity index (χ4n) is 1.97. The smallest absolute Gasteiger partial charge is 0.194 e. The molecule has 1 aliphatic rings. The Bertz CT molecular complexity index is 455. The molecule has 0 heterocycles. The summed E-state index contributed by atoms with van der Waals surface area (Å²) in [6.07, 6.45) is 8.70. The Balaban J connectivity index is 2.08. The molecule has 3 N–H and O–H groups in total. The number of fused-ring (bicyclic) bond motifs is 1. The summed E-state index contributed by atoms with van der Waals surface area (Å²) in [6.45, 7) is 0.309. The number of nitrogens with zero attached hydrogens (tertiary/aromatic N) is 1. The van der Waals surface area contributed by atoms with E-state index in [0.29, 0.717) is 12.5 Å². The average molecular weight is 213 g/mol. The first kappa shape index (κ1) is 10.6. The third-order valence-electron chi connectivity index (χ3n) is 2.71. The maximum absolute atomic E-state index is 5.68. The molecule has 16 heavy (non-hydrogen) atoms. The summed E-state index contributed by atoms with van der Waals surface area (Å²) in [5, 5.41) is 3.04. The van der Waals surface area contributed by atoms with E-state index in [2.05, 4.69) is 28.4 Å². The predicted octanol–water partition coefficient (Wildman–Crippen LogP) is 1.54. The molecule has 2 rings (SSSR count). The Kier molecular flexibility index (Phi) is 3.11. The minimum atomic E-state index is 0.309. The van der Waals surface area contributed by atoms with Gasteiger partial charge < -0.3 is 11.1 Å². The number of aliphatic imine (C=N–C) groups is 1. The number of anilines is 1. The van der Waals surface area contributed by atoms with Gasteiger partial charge in [-0.2, -0.15) is 0 Å². The highest BCUT2D eigenvalue weighted by Crippen LogP contribution is 2.24. The van der Waals surface area contributed by atoms with Crippen molar-refractivity contribution in [2.45, 2.75) is 19.3 Å². The minimum Gasteiger partial charge on any atom is -0.370 e. The van der Waals surface area contributed by atoms with Crippen LogP contribution in [0.3, 0.4) is 0 Å². The summed E-state index contributed by atoms with van der Waals surface area (Å²) in [5.74, 6) is 2.79. The lowest BCUT2D eigenvalue weighted by Crippen LogP contribution is -2.22. The van der Waals surface area contributed by atoms with E-state index in [1.807, 2.05) is 6.07 Å². The van der Waals surface area contributed by atoms with Crippen LogP contribution in [0.2, 0.25) is 0 Å². The van der Waals surface area contributed by atoms with Crippen LogP contribution in [0.4, 0.5) is 5.69 Å². The van der Waals surface area contributed by atoms with Crippen molar-refractivity contribution in [2.24, 2.45) is 10.7 Å². The number of guanidine groups is 1. The number of nitrogens with one attached hydrogen (secondary N) is 1. The third-order valence-corrected chi connectivity index (χ3v) is 2.71. The van der Waals surface area contributed by atoms with Crippen molar-refractivity contribution in [3.63, 3.8) is 0 Å². The van der Waals surface area contributed by atoms with Gasteiger partial charge in [-0.05, 0) is 42.5 Å². The maximum Gasteiger partial charge on any atom is 0.194 e. The number of nitrogens with two attached hydrogens (primary N) is 1. The second kappa shape index (κ2) is 4.71. The highest BCUT2D eigenvalue weighted by atomic mass is 15.1. The molecule has 0 fully saturated rings. The summed E-state index contributed by atoms with van der Waals surface area (Å²) >= 11 is 0. The Labute approximate surface area is 95.8 Å². The van der Waals surface area contributed by atoms with Crippen LogP contribution in [0.15, 0.2) is 23.2 Å². The first-order valence-electron chi connectivity index (χ1n) is 5.42. The van der Waals surface area contributed by atoms with Crippen LogP contribution in [-0.2, 0) is 12.8 Å². The number of aryl methyl sites for hydroxylation is 2. The van der Waals surface area contributed by atoms with Gasteiger partial charge in [0.15, 0.2) is 5.96 Å². The quantitative estimate of drug-likeness (QED) is 0.445. The maximum atomic E-state index is 5.68. The van der Waals surface area contributed by atoms with Crippen LogP contribution >= 0.6 is 0 Å². The van der Waals surface area contributed by atoms with Gasteiger partial charge in [-0.25, -0.2) is 4.99 Å². The Morgan fingerprint density at radius 1 is 1.44 bits per heavy atom. The third kappa shape index (κ3) is 2.34. The van der Waals surface area contributed by atoms with E-state index in [0.717, 1.165) is 12.1 Å².